The van der Waals surface area contributed by atoms with Gasteiger partial charge in [-0.3, -0.25) is 0 Å². The molecule has 0 bridgehead atoms. The van der Waals surface area contributed by atoms with Gasteiger partial charge in [-0.25, -0.2) is 8.78 Å². The molecule has 0 atom stereocenters. The van der Waals surface area contributed by atoms with Gasteiger partial charge in [0.1, 0.15) is 11.6 Å². The van der Waals surface area contributed by atoms with E-state index in [0.29, 0.717) is 24.8 Å². The molecule has 1 aliphatic rings. The molecule has 3 rings (SSSR count). The average Bonchev–Trinajstić information content (AvgIpc) is 2.54. The molecule has 0 nitrogen and oxygen atoms in total. The van der Waals surface area contributed by atoms with Crippen LogP contribution in [0.5, 0.6) is 0 Å². The van der Waals surface area contributed by atoms with Crippen LogP contribution in [0.25, 0.3) is 11.6 Å². The van der Waals surface area contributed by atoms with Crippen molar-refractivity contribution in [2.45, 2.75) is 39.5 Å². The summed E-state index contributed by atoms with van der Waals surface area (Å²) in [6.45, 7) is 3.97. The van der Waals surface area contributed by atoms with E-state index in [9.17, 15) is 8.78 Å². The van der Waals surface area contributed by atoms with Gasteiger partial charge < -0.3 is 0 Å². The van der Waals surface area contributed by atoms with Crippen LogP contribution < -0.4 is 0 Å². The maximum atomic E-state index is 14.4. The molecule has 0 spiro atoms. The molecule has 0 saturated heterocycles. The monoisotopic (exact) mass is 298 g/mol. The number of hydrogen-bond donors (Lipinski definition) is 0. The Hall–Kier alpha value is -1.96. The molecule has 0 fully saturated rings. The first-order valence-electron chi connectivity index (χ1n) is 7.93. The quantitative estimate of drug-likeness (QED) is 0.694. The number of allylic oxidation sites excluding steroid dienone is 1. The highest BCUT2D eigenvalue weighted by molar-refractivity contribution is 5.84. The van der Waals surface area contributed by atoms with E-state index in [1.807, 2.05) is 44.2 Å². The molecule has 0 aliphatic heterocycles. The largest absolute Gasteiger partial charge is 0.206 e. The lowest BCUT2D eigenvalue weighted by atomic mass is 9.86. The molecule has 114 valence electrons. The summed E-state index contributed by atoms with van der Waals surface area (Å²) in [5.41, 5.74) is 5.01. The molecule has 0 unspecified atom stereocenters. The van der Waals surface area contributed by atoms with Crippen molar-refractivity contribution < 1.29 is 8.78 Å². The zero-order chi connectivity index (χ0) is 15.7. The topological polar surface area (TPSA) is 0 Å². The summed E-state index contributed by atoms with van der Waals surface area (Å²) in [7, 11) is 0. The minimum Gasteiger partial charge on any atom is -0.206 e. The Balaban J connectivity index is 2.03. The molecule has 2 heteroatoms. The van der Waals surface area contributed by atoms with Gasteiger partial charge in [0.15, 0.2) is 0 Å². The Labute approximate surface area is 130 Å². The summed E-state index contributed by atoms with van der Waals surface area (Å²) in [5.74, 6) is -0.267. The number of halogens is 2. The molecule has 2 aromatic carbocycles. The highest BCUT2D eigenvalue weighted by Gasteiger charge is 2.19. The van der Waals surface area contributed by atoms with Crippen LogP contribution in [0.1, 0.15) is 48.1 Å². The Morgan fingerprint density at radius 1 is 0.955 bits per heavy atom. The number of rotatable bonds is 3. The van der Waals surface area contributed by atoms with Crippen LogP contribution in [-0.4, -0.2) is 0 Å². The van der Waals surface area contributed by atoms with Crippen LogP contribution in [0.15, 0.2) is 30.3 Å². The molecule has 0 aromatic heterocycles. The van der Waals surface area contributed by atoms with Gasteiger partial charge in [-0.1, -0.05) is 44.2 Å². The van der Waals surface area contributed by atoms with E-state index in [2.05, 4.69) is 0 Å². The first-order chi connectivity index (χ1) is 10.6. The van der Waals surface area contributed by atoms with Gasteiger partial charge in [0, 0.05) is 5.56 Å². The van der Waals surface area contributed by atoms with E-state index in [-0.39, 0.29) is 11.6 Å². The van der Waals surface area contributed by atoms with Crippen molar-refractivity contribution in [2.24, 2.45) is 0 Å². The minimum absolute atomic E-state index is 0.0860. The fourth-order valence-corrected chi connectivity index (χ4v) is 3.12. The second-order valence-corrected chi connectivity index (χ2v) is 5.80. The normalized spacial score (nSPS) is 13.7. The zero-order valence-electron chi connectivity index (χ0n) is 13.0. The molecule has 1 aliphatic carbocycles. The van der Waals surface area contributed by atoms with Gasteiger partial charge in [0.05, 0.1) is 0 Å². The maximum absolute atomic E-state index is 14.4. The lowest BCUT2D eigenvalue weighted by Gasteiger charge is -2.19. The zero-order valence-corrected chi connectivity index (χ0v) is 13.0. The fraction of sp³-hybridized carbons (Fsp3) is 0.300. The van der Waals surface area contributed by atoms with Gasteiger partial charge in [-0.15, -0.1) is 0 Å². The highest BCUT2D eigenvalue weighted by Crippen LogP contribution is 2.34. The first kappa shape index (κ1) is 15.0. The third-order valence-electron chi connectivity index (χ3n) is 4.50. The third kappa shape index (κ3) is 2.58. The second-order valence-electron chi connectivity index (χ2n) is 5.80. The lowest BCUT2D eigenvalue weighted by Crippen LogP contribution is -2.05. The van der Waals surface area contributed by atoms with Crippen LogP contribution in [0.2, 0.25) is 0 Å². The van der Waals surface area contributed by atoms with Crippen molar-refractivity contribution in [3.63, 3.8) is 0 Å². The molecule has 0 N–H and O–H groups in total. The molecule has 2 aromatic rings. The smallest absolute Gasteiger partial charge is 0.130 e. The van der Waals surface area contributed by atoms with Gasteiger partial charge in [0.2, 0.25) is 0 Å². The second kappa shape index (κ2) is 6.04. The van der Waals surface area contributed by atoms with E-state index in [4.69, 9.17) is 0 Å². The van der Waals surface area contributed by atoms with Crippen LogP contribution in [0, 0.1) is 11.6 Å². The highest BCUT2D eigenvalue weighted by atomic mass is 19.1. The Kier molecular flexibility index (Phi) is 4.10. The number of hydrogen-bond acceptors (Lipinski definition) is 0. The SMILES string of the molecule is CCc1ccc(C2=Cc3ccc(CC)c(F)c3CC2)c(F)c1. The van der Waals surface area contributed by atoms with E-state index < -0.39 is 0 Å². The number of aryl methyl sites for hydroxylation is 2. The molecular formula is C20H20F2. The predicted octanol–water partition coefficient (Wildman–Crippen LogP) is 5.58. The summed E-state index contributed by atoms with van der Waals surface area (Å²) in [6.07, 6.45) is 4.77. The van der Waals surface area contributed by atoms with Gasteiger partial charge in [0.25, 0.3) is 0 Å². The van der Waals surface area contributed by atoms with Gasteiger partial charge >= 0.3 is 0 Å². The van der Waals surface area contributed by atoms with Crippen molar-refractivity contribution in [1.29, 1.82) is 0 Å². The number of fused-ring (bicyclic) bond motifs is 1. The molecular weight excluding hydrogens is 278 g/mol. The van der Waals surface area contributed by atoms with Crippen LogP contribution >= 0.6 is 0 Å². The Morgan fingerprint density at radius 3 is 2.45 bits per heavy atom. The summed E-state index contributed by atoms with van der Waals surface area (Å²) >= 11 is 0. The summed E-state index contributed by atoms with van der Waals surface area (Å²) < 4.78 is 28.6. The van der Waals surface area contributed by atoms with Crippen LogP contribution in [-0.2, 0) is 19.3 Å². The van der Waals surface area contributed by atoms with E-state index in [0.717, 1.165) is 34.2 Å². The Morgan fingerprint density at radius 2 is 1.77 bits per heavy atom. The van der Waals surface area contributed by atoms with Crippen LogP contribution in [0.3, 0.4) is 0 Å². The molecule has 0 radical (unpaired) electrons. The summed E-state index contributed by atoms with van der Waals surface area (Å²) in [5, 5.41) is 0. The van der Waals surface area contributed by atoms with Crippen molar-refractivity contribution in [1.82, 2.24) is 0 Å². The predicted molar refractivity (Wildman–Crippen MR) is 87.7 cm³/mol. The van der Waals surface area contributed by atoms with Crippen molar-refractivity contribution in [3.05, 3.63) is 69.8 Å². The van der Waals surface area contributed by atoms with E-state index in [1.165, 1.54) is 0 Å². The third-order valence-corrected chi connectivity index (χ3v) is 4.50. The fourth-order valence-electron chi connectivity index (χ4n) is 3.12. The van der Waals surface area contributed by atoms with Crippen molar-refractivity contribution in [2.75, 3.05) is 0 Å². The molecule has 0 saturated carbocycles. The van der Waals surface area contributed by atoms with Crippen LogP contribution in [0.4, 0.5) is 8.78 Å². The Bertz CT molecular complexity index is 742. The minimum atomic E-state index is -0.181. The van der Waals surface area contributed by atoms with E-state index >= 15 is 0 Å². The summed E-state index contributed by atoms with van der Waals surface area (Å²) in [4.78, 5) is 0. The lowest BCUT2D eigenvalue weighted by molar-refractivity contribution is 0.593. The standard InChI is InChI=1S/C20H20F2/c1-3-13-5-9-17(19(21)11-13)15-8-10-18-16(12-15)7-6-14(4-2)20(18)22/h5-7,9,11-12H,3-4,8,10H2,1-2H3. The molecule has 0 amide bonds. The first-order valence-corrected chi connectivity index (χ1v) is 7.93. The maximum Gasteiger partial charge on any atom is 0.130 e. The van der Waals surface area contributed by atoms with Gasteiger partial charge in [-0.05, 0) is 59.6 Å². The number of benzene rings is 2. The van der Waals surface area contributed by atoms with Crippen molar-refractivity contribution >= 4 is 11.6 Å². The van der Waals surface area contributed by atoms with E-state index in [1.54, 1.807) is 6.07 Å². The van der Waals surface area contributed by atoms with Gasteiger partial charge in [-0.2, -0.15) is 0 Å². The summed E-state index contributed by atoms with van der Waals surface area (Å²) in [6, 6.07) is 9.21. The van der Waals surface area contributed by atoms with Crippen molar-refractivity contribution in [3.8, 4) is 0 Å². The molecule has 22 heavy (non-hydrogen) atoms. The average molecular weight is 298 g/mol. The molecule has 0 heterocycles.